The lowest BCUT2D eigenvalue weighted by Gasteiger charge is -2.31. The van der Waals surface area contributed by atoms with Crippen LogP contribution in [0.3, 0.4) is 0 Å². The molecule has 0 bridgehead atoms. The summed E-state index contributed by atoms with van der Waals surface area (Å²) in [7, 11) is 0. The first kappa shape index (κ1) is 15.7. The van der Waals surface area contributed by atoms with Crippen molar-refractivity contribution in [1.82, 2.24) is 9.97 Å². The fraction of sp³-hybridized carbons (Fsp3) is 0.286. The first-order valence-corrected chi connectivity index (χ1v) is 6.46. The molecule has 1 heterocycles. The zero-order chi connectivity index (χ0) is 15.8. The van der Waals surface area contributed by atoms with Gasteiger partial charge in [0.05, 0.1) is 11.3 Å². The lowest BCUT2D eigenvalue weighted by Crippen LogP contribution is -2.31. The van der Waals surface area contributed by atoms with Gasteiger partial charge in [0.1, 0.15) is 18.0 Å². The van der Waals surface area contributed by atoms with Gasteiger partial charge in [0.15, 0.2) is 11.0 Å². The van der Waals surface area contributed by atoms with Gasteiger partial charge in [-0.3, -0.25) is 0 Å². The van der Waals surface area contributed by atoms with Crippen molar-refractivity contribution in [1.29, 1.82) is 0 Å². The average Bonchev–Trinajstić information content (AvgIpc) is 2.40. The van der Waals surface area contributed by atoms with E-state index in [1.165, 1.54) is 13.8 Å². The molecule has 2 aromatic rings. The first-order chi connectivity index (χ1) is 9.75. The summed E-state index contributed by atoms with van der Waals surface area (Å²) in [5, 5.41) is 10.2. The molecule has 21 heavy (non-hydrogen) atoms. The summed E-state index contributed by atoms with van der Waals surface area (Å²) in [6, 6.07) is 2.78. The van der Waals surface area contributed by atoms with E-state index in [0.717, 1.165) is 18.5 Å². The molecule has 112 valence electrons. The zero-order valence-electron chi connectivity index (χ0n) is 11.2. The van der Waals surface area contributed by atoms with Gasteiger partial charge in [-0.15, -0.1) is 0 Å². The molecule has 0 amide bonds. The minimum Gasteiger partial charge on any atom is -0.385 e. The highest BCUT2D eigenvalue weighted by Gasteiger charge is 2.37. The van der Waals surface area contributed by atoms with Crippen molar-refractivity contribution < 1.29 is 18.3 Å². The summed E-state index contributed by atoms with van der Waals surface area (Å²) in [5.74, 6) is -3.50. The van der Waals surface area contributed by atoms with Crippen molar-refractivity contribution in [3.8, 4) is 0 Å². The van der Waals surface area contributed by atoms with E-state index in [4.69, 9.17) is 11.6 Å². The summed E-state index contributed by atoms with van der Waals surface area (Å²) in [6.07, 6.45) is 1.05. The number of nitrogens with zero attached hydrogens (tertiary/aromatic N) is 2. The quantitative estimate of drug-likeness (QED) is 0.881. The van der Waals surface area contributed by atoms with Crippen LogP contribution in [-0.2, 0) is 5.60 Å². The van der Waals surface area contributed by atoms with Gasteiger partial charge < -0.3 is 5.11 Å². The van der Waals surface area contributed by atoms with Crippen LogP contribution in [0.1, 0.15) is 31.0 Å². The number of aromatic nitrogens is 2. The molecule has 0 spiro atoms. The Morgan fingerprint density at radius 2 is 1.90 bits per heavy atom. The van der Waals surface area contributed by atoms with Crippen molar-refractivity contribution in [2.75, 3.05) is 0 Å². The maximum Gasteiger partial charge on any atom is 0.182 e. The highest BCUT2D eigenvalue weighted by molar-refractivity contribution is 6.29. The Morgan fingerprint density at radius 3 is 2.52 bits per heavy atom. The fourth-order valence-corrected chi connectivity index (χ4v) is 2.20. The topological polar surface area (TPSA) is 46.0 Å². The molecule has 0 aliphatic carbocycles. The molecule has 1 N–H and O–H groups in total. The number of hydrogen-bond donors (Lipinski definition) is 1. The van der Waals surface area contributed by atoms with Gasteiger partial charge in [-0.1, -0.05) is 24.6 Å². The fourth-order valence-electron chi connectivity index (χ4n) is 2.06. The van der Waals surface area contributed by atoms with Crippen LogP contribution in [0.25, 0.3) is 0 Å². The van der Waals surface area contributed by atoms with E-state index in [9.17, 15) is 18.3 Å². The monoisotopic (exact) mass is 316 g/mol. The van der Waals surface area contributed by atoms with E-state index >= 15 is 0 Å². The van der Waals surface area contributed by atoms with E-state index in [1.807, 2.05) is 0 Å². The summed E-state index contributed by atoms with van der Waals surface area (Å²) in [6.45, 7) is 2.76. The second-order valence-electron chi connectivity index (χ2n) is 4.86. The molecule has 1 aromatic carbocycles. The van der Waals surface area contributed by atoms with E-state index in [0.29, 0.717) is 6.07 Å². The Hall–Kier alpha value is -1.66. The molecule has 0 saturated heterocycles. The average molecular weight is 317 g/mol. The molecule has 0 aliphatic heterocycles. The molecule has 0 fully saturated rings. The summed E-state index contributed by atoms with van der Waals surface area (Å²) in [4.78, 5) is 7.23. The van der Waals surface area contributed by atoms with Crippen molar-refractivity contribution in [2.24, 2.45) is 0 Å². The molecule has 0 radical (unpaired) electrons. The van der Waals surface area contributed by atoms with Crippen LogP contribution in [-0.4, -0.2) is 15.1 Å². The molecule has 2 atom stereocenters. The lowest BCUT2D eigenvalue weighted by molar-refractivity contribution is 0.0262. The van der Waals surface area contributed by atoms with Gasteiger partial charge in [-0.2, -0.15) is 0 Å². The Bertz CT molecular complexity index is 679. The molecule has 0 saturated carbocycles. The number of hydrogen-bond acceptors (Lipinski definition) is 3. The van der Waals surface area contributed by atoms with Crippen LogP contribution in [0.5, 0.6) is 0 Å². The minimum absolute atomic E-state index is 0.149. The van der Waals surface area contributed by atoms with Gasteiger partial charge in [-0.25, -0.2) is 23.1 Å². The smallest absolute Gasteiger partial charge is 0.182 e. The van der Waals surface area contributed by atoms with Crippen LogP contribution >= 0.6 is 11.6 Å². The maximum atomic E-state index is 13.9. The van der Waals surface area contributed by atoms with Crippen LogP contribution < -0.4 is 0 Å². The molecule has 1 aromatic heterocycles. The van der Waals surface area contributed by atoms with Crippen molar-refractivity contribution >= 4 is 11.6 Å². The third-order valence-corrected chi connectivity index (χ3v) is 3.77. The largest absolute Gasteiger partial charge is 0.385 e. The number of rotatable bonds is 3. The SMILES string of the molecule is C[C@@H](c1ncnc(Cl)c1F)[C@@](C)(O)c1ccc(F)cc1F. The summed E-state index contributed by atoms with van der Waals surface area (Å²) in [5.41, 5.74) is -2.12. The second kappa shape index (κ2) is 5.61. The molecule has 2 rings (SSSR count). The number of benzene rings is 1. The van der Waals surface area contributed by atoms with Gasteiger partial charge >= 0.3 is 0 Å². The molecular formula is C14H12ClF3N2O. The van der Waals surface area contributed by atoms with Gasteiger partial charge in [0.25, 0.3) is 0 Å². The van der Waals surface area contributed by atoms with E-state index in [2.05, 4.69) is 9.97 Å². The normalized spacial score (nSPS) is 15.6. The van der Waals surface area contributed by atoms with E-state index < -0.39 is 29.0 Å². The predicted molar refractivity (Wildman–Crippen MR) is 71.3 cm³/mol. The summed E-state index contributed by atoms with van der Waals surface area (Å²) >= 11 is 5.57. The van der Waals surface area contributed by atoms with E-state index in [1.54, 1.807) is 0 Å². The van der Waals surface area contributed by atoms with Crippen LogP contribution in [0.4, 0.5) is 13.2 Å². The van der Waals surface area contributed by atoms with Gasteiger partial charge in [-0.05, 0) is 13.0 Å². The highest BCUT2D eigenvalue weighted by atomic mass is 35.5. The Morgan fingerprint density at radius 1 is 1.24 bits per heavy atom. The van der Waals surface area contributed by atoms with Crippen molar-refractivity contribution in [3.63, 3.8) is 0 Å². The third kappa shape index (κ3) is 2.87. The Labute approximate surface area is 124 Å². The highest BCUT2D eigenvalue weighted by Crippen LogP contribution is 2.38. The van der Waals surface area contributed by atoms with E-state index in [-0.39, 0.29) is 16.4 Å². The molecule has 0 unspecified atom stereocenters. The van der Waals surface area contributed by atoms with Crippen LogP contribution in [0.15, 0.2) is 24.5 Å². The Kier molecular flexibility index (Phi) is 4.20. The molecule has 0 aliphatic rings. The standard InChI is InChI=1S/C14H12ClF3N2O/c1-7(12-11(18)13(15)20-6-19-12)14(2,21)9-4-3-8(16)5-10(9)17/h3-7,21H,1-2H3/t7-,14+/m0/s1. The molecule has 7 heteroatoms. The second-order valence-corrected chi connectivity index (χ2v) is 5.22. The van der Waals surface area contributed by atoms with Crippen molar-refractivity contribution in [2.45, 2.75) is 25.4 Å². The maximum absolute atomic E-state index is 13.9. The number of aliphatic hydroxyl groups is 1. The zero-order valence-corrected chi connectivity index (χ0v) is 12.0. The lowest BCUT2D eigenvalue weighted by atomic mass is 9.81. The van der Waals surface area contributed by atoms with Crippen LogP contribution in [0, 0.1) is 17.5 Å². The van der Waals surface area contributed by atoms with Crippen molar-refractivity contribution in [3.05, 3.63) is 58.4 Å². The minimum atomic E-state index is -1.81. The molecule has 3 nitrogen and oxygen atoms in total. The predicted octanol–water partition coefficient (Wildman–Crippen LogP) is 3.56. The van der Waals surface area contributed by atoms with Gasteiger partial charge in [0, 0.05) is 17.5 Å². The Balaban J connectivity index is 2.49. The summed E-state index contributed by atoms with van der Waals surface area (Å²) < 4.78 is 40.7. The van der Waals surface area contributed by atoms with Crippen LogP contribution in [0.2, 0.25) is 5.15 Å². The number of halogens is 4. The first-order valence-electron chi connectivity index (χ1n) is 6.09. The third-order valence-electron chi connectivity index (χ3n) is 3.50. The van der Waals surface area contributed by atoms with Gasteiger partial charge in [0.2, 0.25) is 0 Å². The molecular weight excluding hydrogens is 305 g/mol.